The summed E-state index contributed by atoms with van der Waals surface area (Å²) in [6, 6.07) is 10.9. The molecule has 3 rings (SSSR count). The first-order valence-electron chi connectivity index (χ1n) is 6.54. The van der Waals surface area contributed by atoms with E-state index in [-0.39, 0.29) is 11.9 Å². The van der Waals surface area contributed by atoms with Gasteiger partial charge >= 0.3 is 0 Å². The lowest BCUT2D eigenvalue weighted by Gasteiger charge is -2.13. The third-order valence-electron chi connectivity index (χ3n) is 3.03. The maximum absolute atomic E-state index is 12.1. The zero-order chi connectivity index (χ0) is 15.5. The largest absolute Gasteiger partial charge is 0.342 e. The van der Waals surface area contributed by atoms with Gasteiger partial charge in [0.15, 0.2) is 5.82 Å². The topological polar surface area (TPSA) is 72.7 Å². The number of amides is 1. The summed E-state index contributed by atoms with van der Waals surface area (Å²) in [6.07, 6.45) is 0. The van der Waals surface area contributed by atoms with Crippen molar-refractivity contribution in [3.63, 3.8) is 0 Å². The van der Waals surface area contributed by atoms with Gasteiger partial charge in [-0.25, -0.2) is 0 Å². The van der Waals surface area contributed by atoms with E-state index >= 15 is 0 Å². The Bertz CT molecular complexity index is 786. The van der Waals surface area contributed by atoms with Gasteiger partial charge in [0.2, 0.25) is 0 Å². The van der Waals surface area contributed by atoms with Gasteiger partial charge in [-0.3, -0.25) is 4.79 Å². The summed E-state index contributed by atoms with van der Waals surface area (Å²) in [7, 11) is 0. The number of hydrogen-bond donors (Lipinski definition) is 1. The van der Waals surface area contributed by atoms with Crippen LogP contribution in [0.4, 0.5) is 0 Å². The lowest BCUT2D eigenvalue weighted by Crippen LogP contribution is -2.28. The van der Waals surface area contributed by atoms with Crippen molar-refractivity contribution in [2.24, 2.45) is 0 Å². The highest BCUT2D eigenvalue weighted by Gasteiger charge is 2.19. The number of halogens is 1. The van der Waals surface area contributed by atoms with Crippen LogP contribution in [0.5, 0.6) is 0 Å². The van der Waals surface area contributed by atoms with Crippen LogP contribution in [0.1, 0.15) is 28.5 Å². The maximum Gasteiger partial charge on any atom is 0.261 e. The second-order valence-electron chi connectivity index (χ2n) is 4.60. The highest BCUT2D eigenvalue weighted by Crippen LogP contribution is 2.18. The molecule has 0 aliphatic carbocycles. The summed E-state index contributed by atoms with van der Waals surface area (Å²) in [5.41, 5.74) is 0.826. The molecule has 1 aromatic carbocycles. The molecule has 2 heterocycles. The summed E-state index contributed by atoms with van der Waals surface area (Å²) in [6.45, 7) is 1.85. The van der Waals surface area contributed by atoms with Crippen molar-refractivity contribution in [2.45, 2.75) is 13.0 Å². The molecule has 0 spiro atoms. The van der Waals surface area contributed by atoms with Crippen molar-refractivity contribution in [2.75, 3.05) is 0 Å². The number of nitrogens with one attached hydrogen (secondary N) is 1. The average Bonchev–Trinajstić information content (AvgIpc) is 3.18. The quantitative estimate of drug-likeness (QED) is 0.758. The molecular weight excluding hydrogens is 366 g/mol. The number of hydrogen-bond acceptors (Lipinski definition) is 5. The second-order valence-corrected chi connectivity index (χ2v) is 6.46. The predicted molar refractivity (Wildman–Crippen MR) is 87.1 cm³/mol. The molecule has 0 radical (unpaired) electrons. The first kappa shape index (κ1) is 14.9. The molecule has 0 aliphatic heterocycles. The van der Waals surface area contributed by atoms with E-state index < -0.39 is 0 Å². The van der Waals surface area contributed by atoms with E-state index in [0.29, 0.717) is 10.7 Å². The Morgan fingerprint density at radius 3 is 2.95 bits per heavy atom. The van der Waals surface area contributed by atoms with Crippen molar-refractivity contribution in [3.05, 3.63) is 57.0 Å². The van der Waals surface area contributed by atoms with Crippen molar-refractivity contribution in [3.8, 4) is 5.69 Å². The maximum atomic E-state index is 12.1. The first-order valence-corrected chi connectivity index (χ1v) is 8.21. The highest BCUT2D eigenvalue weighted by atomic mass is 79.9. The summed E-state index contributed by atoms with van der Waals surface area (Å²) in [5.74, 6) is 0.439. The van der Waals surface area contributed by atoms with Crippen LogP contribution < -0.4 is 5.32 Å². The van der Waals surface area contributed by atoms with Crippen LogP contribution >= 0.6 is 27.3 Å². The minimum atomic E-state index is -0.316. The Hall–Kier alpha value is -2.06. The number of tetrazole rings is 1. The van der Waals surface area contributed by atoms with Gasteiger partial charge in [0.05, 0.1) is 16.6 Å². The Labute approximate surface area is 139 Å². The molecule has 0 saturated carbocycles. The fourth-order valence-electron chi connectivity index (χ4n) is 2.00. The molecule has 3 aromatic rings. The van der Waals surface area contributed by atoms with Crippen molar-refractivity contribution in [1.82, 2.24) is 25.5 Å². The number of thiophene rings is 1. The smallest absolute Gasteiger partial charge is 0.261 e. The van der Waals surface area contributed by atoms with Gasteiger partial charge in [-0.2, -0.15) is 4.68 Å². The van der Waals surface area contributed by atoms with Gasteiger partial charge in [-0.15, -0.1) is 16.4 Å². The summed E-state index contributed by atoms with van der Waals surface area (Å²) in [5, 5.41) is 16.5. The van der Waals surface area contributed by atoms with Crippen molar-refractivity contribution >= 4 is 33.2 Å². The van der Waals surface area contributed by atoms with Gasteiger partial charge in [-0.1, -0.05) is 28.1 Å². The molecule has 112 valence electrons. The van der Waals surface area contributed by atoms with Crippen LogP contribution in [0.25, 0.3) is 5.69 Å². The third kappa shape index (κ3) is 3.07. The highest BCUT2D eigenvalue weighted by molar-refractivity contribution is 9.10. The molecule has 22 heavy (non-hydrogen) atoms. The molecule has 1 N–H and O–H groups in total. The molecule has 1 atom stereocenters. The predicted octanol–water partition coefficient (Wildman–Crippen LogP) is 2.98. The molecule has 1 amide bonds. The number of nitrogens with zero attached hydrogens (tertiary/aromatic N) is 4. The third-order valence-corrected chi connectivity index (χ3v) is 4.39. The van der Waals surface area contributed by atoms with E-state index in [2.05, 4.69) is 36.8 Å². The summed E-state index contributed by atoms with van der Waals surface area (Å²) < 4.78 is 2.55. The average molecular weight is 378 g/mol. The molecule has 0 fully saturated rings. The van der Waals surface area contributed by atoms with E-state index in [9.17, 15) is 4.79 Å². The minimum Gasteiger partial charge on any atom is -0.342 e. The van der Waals surface area contributed by atoms with E-state index in [1.54, 1.807) is 10.7 Å². The van der Waals surface area contributed by atoms with Crippen LogP contribution in [0, 0.1) is 0 Å². The number of carbonyl (C=O) groups excluding carboxylic acids is 1. The molecule has 0 bridgehead atoms. The van der Waals surface area contributed by atoms with E-state index in [0.717, 1.165) is 10.2 Å². The fraction of sp³-hybridized carbons (Fsp3) is 0.143. The van der Waals surface area contributed by atoms with Crippen molar-refractivity contribution in [1.29, 1.82) is 0 Å². The van der Waals surface area contributed by atoms with Gasteiger partial charge in [0.1, 0.15) is 0 Å². The second kappa shape index (κ2) is 6.37. The zero-order valence-electron chi connectivity index (χ0n) is 11.6. The SMILES string of the molecule is CC(NC(=O)c1cccs1)c1nnnn1-c1cccc(Br)c1. The number of carbonyl (C=O) groups is 1. The lowest BCUT2D eigenvalue weighted by atomic mass is 10.2. The number of rotatable bonds is 4. The molecule has 1 unspecified atom stereocenters. The Balaban J connectivity index is 1.84. The van der Waals surface area contributed by atoms with Crippen LogP contribution in [-0.4, -0.2) is 26.1 Å². The number of aromatic nitrogens is 4. The monoisotopic (exact) mass is 377 g/mol. The molecular formula is C14H12BrN5OS. The Kier molecular flexibility index (Phi) is 4.30. The van der Waals surface area contributed by atoms with Gasteiger partial charge in [0, 0.05) is 4.47 Å². The minimum absolute atomic E-state index is 0.133. The molecule has 0 saturated heterocycles. The fourth-order valence-corrected chi connectivity index (χ4v) is 3.01. The van der Waals surface area contributed by atoms with Gasteiger partial charge in [-0.05, 0) is 47.0 Å². The lowest BCUT2D eigenvalue weighted by molar-refractivity contribution is 0.0942. The standard InChI is InChI=1S/C14H12BrN5OS/c1-9(16-14(21)12-6-3-7-22-12)13-17-18-19-20(13)11-5-2-4-10(15)8-11/h2-9H,1H3,(H,16,21). The van der Waals surface area contributed by atoms with Crippen LogP contribution in [0.2, 0.25) is 0 Å². The number of benzene rings is 1. The van der Waals surface area contributed by atoms with Crippen LogP contribution in [0.3, 0.4) is 0 Å². The normalized spacial score (nSPS) is 12.1. The Morgan fingerprint density at radius 1 is 1.36 bits per heavy atom. The molecule has 2 aromatic heterocycles. The van der Waals surface area contributed by atoms with Crippen molar-refractivity contribution < 1.29 is 4.79 Å². The van der Waals surface area contributed by atoms with Gasteiger partial charge in [0.25, 0.3) is 5.91 Å². The first-order chi connectivity index (χ1) is 10.6. The summed E-state index contributed by atoms with van der Waals surface area (Å²) in [4.78, 5) is 12.8. The molecule has 0 aliphatic rings. The van der Waals surface area contributed by atoms with Crippen LogP contribution in [-0.2, 0) is 0 Å². The zero-order valence-corrected chi connectivity index (χ0v) is 14.0. The van der Waals surface area contributed by atoms with Crippen LogP contribution in [0.15, 0.2) is 46.3 Å². The molecule has 8 heteroatoms. The van der Waals surface area contributed by atoms with E-state index in [1.165, 1.54) is 11.3 Å². The van der Waals surface area contributed by atoms with E-state index in [1.807, 2.05) is 42.6 Å². The van der Waals surface area contributed by atoms with E-state index in [4.69, 9.17) is 0 Å². The summed E-state index contributed by atoms with van der Waals surface area (Å²) >= 11 is 4.82. The van der Waals surface area contributed by atoms with Gasteiger partial charge < -0.3 is 5.32 Å². The molecule has 6 nitrogen and oxygen atoms in total. The Morgan fingerprint density at radius 2 is 2.23 bits per heavy atom.